The number of carbonyl (C=O) groups excluding carboxylic acids is 3. The van der Waals surface area contributed by atoms with Crippen molar-refractivity contribution in [2.24, 2.45) is 0 Å². The molecule has 1 unspecified atom stereocenters. The lowest BCUT2D eigenvalue weighted by Gasteiger charge is -2.25. The number of benzene rings is 2. The van der Waals surface area contributed by atoms with Gasteiger partial charge >= 0.3 is 5.97 Å². The van der Waals surface area contributed by atoms with Gasteiger partial charge in [0.25, 0.3) is 11.7 Å². The van der Waals surface area contributed by atoms with Crippen LogP contribution in [0.2, 0.25) is 0 Å². The first-order valence-corrected chi connectivity index (χ1v) is 12.0. The highest BCUT2D eigenvalue weighted by molar-refractivity contribution is 6.46. The van der Waals surface area contributed by atoms with Crippen molar-refractivity contribution in [3.05, 3.63) is 101 Å². The largest absolute Gasteiger partial charge is 0.507 e. The van der Waals surface area contributed by atoms with Crippen LogP contribution < -0.4 is 4.74 Å². The predicted octanol–water partition coefficient (Wildman–Crippen LogP) is 4.67. The minimum absolute atomic E-state index is 0.00290. The van der Waals surface area contributed by atoms with Crippen LogP contribution in [-0.2, 0) is 20.9 Å². The zero-order valence-corrected chi connectivity index (χ0v) is 20.9. The van der Waals surface area contributed by atoms with Gasteiger partial charge in [0.1, 0.15) is 11.5 Å². The number of ketones is 1. The molecule has 1 N–H and O–H groups in total. The normalized spacial score (nSPS) is 16.8. The molecule has 1 amide bonds. The number of hydrogen-bond acceptors (Lipinski definition) is 7. The summed E-state index contributed by atoms with van der Waals surface area (Å²) in [4.78, 5) is 43.9. The van der Waals surface area contributed by atoms with Crippen LogP contribution >= 0.6 is 0 Å². The van der Waals surface area contributed by atoms with Gasteiger partial charge in [0.2, 0.25) is 0 Å². The number of aliphatic hydroxyl groups excluding tert-OH is 1. The smallest absolute Gasteiger partial charge is 0.338 e. The molecular weight excluding hydrogens is 472 g/mol. The van der Waals surface area contributed by atoms with Gasteiger partial charge in [-0.1, -0.05) is 12.1 Å². The quantitative estimate of drug-likeness (QED) is 0.207. The zero-order chi connectivity index (χ0) is 26.5. The van der Waals surface area contributed by atoms with E-state index in [1.807, 2.05) is 13.8 Å². The highest BCUT2D eigenvalue weighted by Gasteiger charge is 2.46. The van der Waals surface area contributed by atoms with Gasteiger partial charge in [0.05, 0.1) is 29.9 Å². The zero-order valence-electron chi connectivity index (χ0n) is 20.9. The van der Waals surface area contributed by atoms with Crippen LogP contribution in [0.1, 0.15) is 53.9 Å². The van der Waals surface area contributed by atoms with E-state index in [0.717, 1.165) is 0 Å². The van der Waals surface area contributed by atoms with Crippen molar-refractivity contribution in [3.63, 3.8) is 0 Å². The van der Waals surface area contributed by atoms with Crippen LogP contribution in [0.25, 0.3) is 5.76 Å². The van der Waals surface area contributed by atoms with E-state index < -0.39 is 23.7 Å². The van der Waals surface area contributed by atoms with E-state index in [9.17, 15) is 19.5 Å². The molecule has 0 spiro atoms. The number of ether oxygens (including phenoxy) is 2. The monoisotopic (exact) mass is 500 g/mol. The first-order valence-electron chi connectivity index (χ1n) is 12.0. The molecule has 1 atom stereocenters. The molecule has 0 bridgehead atoms. The molecule has 1 saturated heterocycles. The second-order valence-corrected chi connectivity index (χ2v) is 8.82. The summed E-state index contributed by atoms with van der Waals surface area (Å²) in [5.41, 5.74) is 2.13. The summed E-state index contributed by atoms with van der Waals surface area (Å²) in [5, 5.41) is 11.2. The third kappa shape index (κ3) is 5.53. The Morgan fingerprint density at radius 1 is 0.973 bits per heavy atom. The lowest BCUT2D eigenvalue weighted by atomic mass is 9.95. The van der Waals surface area contributed by atoms with E-state index in [2.05, 4.69) is 4.98 Å². The highest BCUT2D eigenvalue weighted by Crippen LogP contribution is 2.40. The molecule has 2 aromatic carbocycles. The number of likely N-dealkylation sites (tertiary alicyclic amines) is 1. The predicted molar refractivity (Wildman–Crippen MR) is 137 cm³/mol. The van der Waals surface area contributed by atoms with Crippen molar-refractivity contribution in [2.45, 2.75) is 39.5 Å². The minimum atomic E-state index is -0.820. The fraction of sp³-hybridized carbons (Fsp3) is 0.241. The molecule has 1 aromatic heterocycles. The molecule has 1 aliphatic heterocycles. The Bertz CT molecular complexity index is 1310. The number of esters is 1. The number of hydrogen-bond donors (Lipinski definition) is 1. The van der Waals surface area contributed by atoms with Crippen molar-refractivity contribution in [1.82, 2.24) is 9.88 Å². The standard InChI is InChI=1S/C29H28N2O6/c1-4-36-29(35)22-7-5-19(6-8-22)17-31-25(20-13-15-30-16-14-20)24(27(33)28(31)34)26(32)21-9-11-23(12-10-21)37-18(2)3/h5-16,18,25,32H,4,17H2,1-3H3/b26-24+. The number of nitrogens with zero attached hydrogens (tertiary/aromatic N) is 2. The van der Waals surface area contributed by atoms with Crippen LogP contribution in [0.4, 0.5) is 0 Å². The maximum Gasteiger partial charge on any atom is 0.338 e. The Morgan fingerprint density at radius 3 is 2.19 bits per heavy atom. The van der Waals surface area contributed by atoms with Gasteiger partial charge in [-0.15, -0.1) is 0 Å². The van der Waals surface area contributed by atoms with Gasteiger partial charge in [-0.05, 0) is 80.4 Å². The molecule has 0 radical (unpaired) electrons. The minimum Gasteiger partial charge on any atom is -0.507 e. The van der Waals surface area contributed by atoms with Gasteiger partial charge in [-0.3, -0.25) is 14.6 Å². The second-order valence-electron chi connectivity index (χ2n) is 8.82. The molecule has 37 heavy (non-hydrogen) atoms. The molecule has 1 fully saturated rings. The molecule has 2 heterocycles. The Hall–Kier alpha value is -4.46. The maximum atomic E-state index is 13.2. The van der Waals surface area contributed by atoms with E-state index >= 15 is 0 Å². The SMILES string of the molecule is CCOC(=O)c1ccc(CN2C(=O)C(=O)/C(=C(/O)c3ccc(OC(C)C)cc3)C2c2ccncc2)cc1. The van der Waals surface area contributed by atoms with Crippen molar-refractivity contribution in [1.29, 1.82) is 0 Å². The van der Waals surface area contributed by atoms with E-state index in [1.165, 1.54) is 4.90 Å². The van der Waals surface area contributed by atoms with Gasteiger partial charge in [-0.2, -0.15) is 0 Å². The molecule has 8 heteroatoms. The first kappa shape index (κ1) is 25.6. The van der Waals surface area contributed by atoms with Crippen molar-refractivity contribution in [2.75, 3.05) is 6.61 Å². The molecule has 4 rings (SSSR count). The van der Waals surface area contributed by atoms with Crippen LogP contribution in [0, 0.1) is 0 Å². The Labute approximate surface area is 215 Å². The Morgan fingerprint density at radius 2 is 1.59 bits per heavy atom. The van der Waals surface area contributed by atoms with Crippen LogP contribution in [0.15, 0.2) is 78.6 Å². The van der Waals surface area contributed by atoms with Gasteiger partial charge in [-0.25, -0.2) is 4.79 Å². The summed E-state index contributed by atoms with van der Waals surface area (Å²) >= 11 is 0. The number of pyridine rings is 1. The topological polar surface area (TPSA) is 106 Å². The number of carbonyl (C=O) groups is 3. The summed E-state index contributed by atoms with van der Waals surface area (Å²) in [5.74, 6) is -1.57. The summed E-state index contributed by atoms with van der Waals surface area (Å²) in [6, 6.07) is 16.0. The summed E-state index contributed by atoms with van der Waals surface area (Å²) < 4.78 is 10.7. The number of amides is 1. The van der Waals surface area contributed by atoms with Gasteiger partial charge in [0, 0.05) is 24.5 Å². The average Bonchev–Trinajstić information content (AvgIpc) is 3.14. The van der Waals surface area contributed by atoms with Crippen molar-refractivity contribution >= 4 is 23.4 Å². The van der Waals surface area contributed by atoms with Crippen LogP contribution in [-0.4, -0.2) is 45.4 Å². The van der Waals surface area contributed by atoms with Crippen LogP contribution in [0.5, 0.6) is 5.75 Å². The molecule has 0 saturated carbocycles. The summed E-state index contributed by atoms with van der Waals surface area (Å²) in [7, 11) is 0. The number of aromatic nitrogens is 1. The van der Waals surface area contributed by atoms with E-state index in [-0.39, 0.29) is 30.6 Å². The Balaban J connectivity index is 1.71. The maximum absolute atomic E-state index is 13.2. The third-order valence-corrected chi connectivity index (χ3v) is 5.88. The second kappa shape index (κ2) is 11.1. The fourth-order valence-electron chi connectivity index (χ4n) is 4.21. The summed E-state index contributed by atoms with van der Waals surface area (Å²) in [6.07, 6.45) is 3.13. The number of Topliss-reactive ketones (excluding diaryl/α,β-unsaturated/α-hetero) is 1. The van der Waals surface area contributed by atoms with E-state index in [0.29, 0.717) is 28.0 Å². The first-order chi connectivity index (χ1) is 17.8. The number of rotatable bonds is 8. The third-order valence-electron chi connectivity index (χ3n) is 5.88. The van der Waals surface area contributed by atoms with Crippen LogP contribution in [0.3, 0.4) is 0 Å². The Kier molecular flexibility index (Phi) is 7.67. The molecule has 190 valence electrons. The summed E-state index contributed by atoms with van der Waals surface area (Å²) in [6.45, 7) is 5.92. The highest BCUT2D eigenvalue weighted by atomic mass is 16.5. The van der Waals surface area contributed by atoms with E-state index in [4.69, 9.17) is 9.47 Å². The fourth-order valence-corrected chi connectivity index (χ4v) is 4.21. The lowest BCUT2D eigenvalue weighted by Crippen LogP contribution is -2.29. The van der Waals surface area contributed by atoms with Gasteiger partial charge < -0.3 is 19.5 Å². The molecule has 3 aromatic rings. The van der Waals surface area contributed by atoms with E-state index in [1.54, 1.807) is 80.0 Å². The lowest BCUT2D eigenvalue weighted by molar-refractivity contribution is -0.140. The van der Waals surface area contributed by atoms with Gasteiger partial charge in [0.15, 0.2) is 0 Å². The average molecular weight is 501 g/mol. The number of aliphatic hydroxyl groups is 1. The molecule has 0 aliphatic carbocycles. The molecular formula is C29H28N2O6. The van der Waals surface area contributed by atoms with Crippen molar-refractivity contribution in [3.8, 4) is 5.75 Å². The molecule has 8 nitrogen and oxygen atoms in total. The van der Waals surface area contributed by atoms with Crippen molar-refractivity contribution < 1.29 is 29.0 Å². The molecule has 1 aliphatic rings.